The number of sulfonamides is 1. The molecule has 146 valence electrons. The van der Waals surface area contributed by atoms with E-state index < -0.39 is 16.1 Å². The molecule has 2 aromatic rings. The second-order valence-corrected chi connectivity index (χ2v) is 8.22. The number of hydrogen-bond donors (Lipinski definition) is 1. The predicted octanol–water partition coefficient (Wildman–Crippen LogP) is 2.86. The monoisotopic (exact) mass is 390 g/mol. The lowest BCUT2D eigenvalue weighted by Crippen LogP contribution is -2.47. The number of nitrogens with one attached hydrogen (secondary N) is 1. The van der Waals surface area contributed by atoms with E-state index in [1.165, 1.54) is 0 Å². The van der Waals surface area contributed by atoms with Crippen LogP contribution in [0.1, 0.15) is 25.0 Å². The van der Waals surface area contributed by atoms with Crippen LogP contribution in [0, 0.1) is 6.92 Å². The van der Waals surface area contributed by atoms with Gasteiger partial charge in [-0.05, 0) is 50.6 Å². The van der Waals surface area contributed by atoms with Gasteiger partial charge < -0.3 is 10.1 Å². The Bertz CT molecular complexity index is 862. The van der Waals surface area contributed by atoms with Gasteiger partial charge in [0.05, 0.1) is 18.6 Å². The van der Waals surface area contributed by atoms with Gasteiger partial charge in [-0.15, -0.1) is 0 Å². The maximum absolute atomic E-state index is 12.6. The summed E-state index contributed by atoms with van der Waals surface area (Å²) >= 11 is 0. The van der Waals surface area contributed by atoms with E-state index >= 15 is 0 Å². The molecule has 1 amide bonds. The molecule has 0 aromatic heterocycles. The fourth-order valence-electron chi connectivity index (χ4n) is 2.71. The summed E-state index contributed by atoms with van der Waals surface area (Å²) in [6.45, 7) is 6.29. The predicted molar refractivity (Wildman–Crippen MR) is 107 cm³/mol. The van der Waals surface area contributed by atoms with Crippen LogP contribution in [0.3, 0.4) is 0 Å². The third-order valence-corrected chi connectivity index (χ3v) is 5.32. The summed E-state index contributed by atoms with van der Waals surface area (Å²) in [5.74, 6) is 0.279. The van der Waals surface area contributed by atoms with Gasteiger partial charge in [0, 0.05) is 6.54 Å². The SMILES string of the molecule is CCOc1ccc(N([C@H](C)C(=O)NCc2ccc(C)cc2)S(C)(=O)=O)cc1. The van der Waals surface area contributed by atoms with E-state index in [4.69, 9.17) is 4.74 Å². The molecular weight excluding hydrogens is 364 g/mol. The lowest BCUT2D eigenvalue weighted by molar-refractivity contribution is -0.122. The van der Waals surface area contributed by atoms with E-state index in [0.29, 0.717) is 24.6 Å². The average molecular weight is 391 g/mol. The second-order valence-electron chi connectivity index (χ2n) is 6.37. The summed E-state index contributed by atoms with van der Waals surface area (Å²) in [4.78, 5) is 12.6. The Morgan fingerprint density at radius 3 is 2.22 bits per heavy atom. The minimum Gasteiger partial charge on any atom is -0.494 e. The molecular formula is C20H26N2O4S. The van der Waals surface area contributed by atoms with Crippen molar-refractivity contribution in [1.82, 2.24) is 5.32 Å². The normalized spacial score (nSPS) is 12.3. The molecule has 0 saturated carbocycles. The molecule has 0 heterocycles. The van der Waals surface area contributed by atoms with Crippen molar-refractivity contribution >= 4 is 21.6 Å². The van der Waals surface area contributed by atoms with Crippen LogP contribution in [0.15, 0.2) is 48.5 Å². The number of rotatable bonds is 8. The molecule has 27 heavy (non-hydrogen) atoms. The molecule has 6 nitrogen and oxygen atoms in total. The minimum absolute atomic E-state index is 0.338. The topological polar surface area (TPSA) is 75.7 Å². The van der Waals surface area contributed by atoms with Crippen LogP contribution in [0.4, 0.5) is 5.69 Å². The number of amides is 1. The highest BCUT2D eigenvalue weighted by Crippen LogP contribution is 2.24. The quantitative estimate of drug-likeness (QED) is 0.752. The first-order valence-corrected chi connectivity index (χ1v) is 10.6. The highest BCUT2D eigenvalue weighted by Gasteiger charge is 2.29. The Balaban J connectivity index is 2.15. The van der Waals surface area contributed by atoms with Gasteiger partial charge in [-0.2, -0.15) is 0 Å². The first-order chi connectivity index (χ1) is 12.7. The molecule has 1 N–H and O–H groups in total. The minimum atomic E-state index is -3.64. The molecule has 0 aliphatic rings. The van der Waals surface area contributed by atoms with Crippen molar-refractivity contribution in [3.8, 4) is 5.75 Å². The number of nitrogens with zero attached hydrogens (tertiary/aromatic N) is 1. The van der Waals surface area contributed by atoms with Crippen LogP contribution in [0.5, 0.6) is 5.75 Å². The van der Waals surface area contributed by atoms with E-state index in [9.17, 15) is 13.2 Å². The molecule has 0 radical (unpaired) electrons. The van der Waals surface area contributed by atoms with E-state index in [0.717, 1.165) is 21.7 Å². The smallest absolute Gasteiger partial charge is 0.243 e. The van der Waals surface area contributed by atoms with Crippen molar-refractivity contribution < 1.29 is 17.9 Å². The van der Waals surface area contributed by atoms with Gasteiger partial charge >= 0.3 is 0 Å². The molecule has 0 fully saturated rings. The summed E-state index contributed by atoms with van der Waals surface area (Å²) in [5.41, 5.74) is 2.50. The highest BCUT2D eigenvalue weighted by molar-refractivity contribution is 7.92. The second kappa shape index (κ2) is 8.90. The van der Waals surface area contributed by atoms with E-state index in [1.54, 1.807) is 31.2 Å². The molecule has 0 saturated heterocycles. The largest absolute Gasteiger partial charge is 0.494 e. The number of ether oxygens (including phenoxy) is 1. The van der Waals surface area contributed by atoms with E-state index in [2.05, 4.69) is 5.32 Å². The lowest BCUT2D eigenvalue weighted by atomic mass is 10.1. The average Bonchev–Trinajstić information content (AvgIpc) is 2.61. The Kier molecular flexibility index (Phi) is 6.85. The van der Waals surface area contributed by atoms with Crippen molar-refractivity contribution in [2.45, 2.75) is 33.4 Å². The number of anilines is 1. The number of aryl methyl sites for hydroxylation is 1. The Labute approximate surface area is 161 Å². The maximum Gasteiger partial charge on any atom is 0.243 e. The van der Waals surface area contributed by atoms with Gasteiger partial charge in [-0.25, -0.2) is 8.42 Å². The Morgan fingerprint density at radius 1 is 1.11 bits per heavy atom. The number of carbonyl (C=O) groups excluding carboxylic acids is 1. The van der Waals surface area contributed by atoms with E-state index in [-0.39, 0.29) is 5.91 Å². The summed E-state index contributed by atoms with van der Waals surface area (Å²) in [6, 6.07) is 13.6. The zero-order chi connectivity index (χ0) is 20.0. The van der Waals surface area contributed by atoms with Crippen molar-refractivity contribution in [3.05, 3.63) is 59.7 Å². The molecule has 1 atom stereocenters. The van der Waals surface area contributed by atoms with Gasteiger partial charge in [0.1, 0.15) is 11.8 Å². The van der Waals surface area contributed by atoms with Crippen molar-refractivity contribution in [2.75, 3.05) is 17.2 Å². The van der Waals surface area contributed by atoms with Crippen molar-refractivity contribution in [2.24, 2.45) is 0 Å². The van der Waals surface area contributed by atoms with Crippen LogP contribution in [-0.2, 0) is 21.4 Å². The van der Waals surface area contributed by atoms with Crippen LogP contribution in [0.2, 0.25) is 0 Å². The molecule has 0 bridgehead atoms. The zero-order valence-corrected chi connectivity index (χ0v) is 16.9. The fourth-order valence-corrected chi connectivity index (χ4v) is 3.88. The van der Waals surface area contributed by atoms with Gasteiger partial charge in [0.2, 0.25) is 15.9 Å². The molecule has 0 unspecified atom stereocenters. The Hall–Kier alpha value is -2.54. The zero-order valence-electron chi connectivity index (χ0n) is 16.1. The molecule has 0 aliphatic carbocycles. The first-order valence-electron chi connectivity index (χ1n) is 8.78. The number of hydrogen-bond acceptors (Lipinski definition) is 4. The first kappa shape index (κ1) is 20.8. The highest BCUT2D eigenvalue weighted by atomic mass is 32.2. The summed E-state index contributed by atoms with van der Waals surface area (Å²) in [7, 11) is -3.64. The van der Waals surface area contributed by atoms with Crippen LogP contribution >= 0.6 is 0 Å². The fraction of sp³-hybridized carbons (Fsp3) is 0.350. The summed E-state index contributed by atoms with van der Waals surface area (Å²) in [6.07, 6.45) is 1.09. The van der Waals surface area contributed by atoms with Gasteiger partial charge in [0.25, 0.3) is 0 Å². The van der Waals surface area contributed by atoms with Gasteiger partial charge in [0.15, 0.2) is 0 Å². The molecule has 7 heteroatoms. The van der Waals surface area contributed by atoms with Crippen LogP contribution < -0.4 is 14.4 Å². The third kappa shape index (κ3) is 5.72. The molecule has 0 aliphatic heterocycles. The van der Waals surface area contributed by atoms with Crippen LogP contribution in [0.25, 0.3) is 0 Å². The third-order valence-electron chi connectivity index (χ3n) is 4.08. The standard InChI is InChI=1S/C20H26N2O4S/c1-5-26-19-12-10-18(11-13-19)22(27(4,24)25)16(3)20(23)21-14-17-8-6-15(2)7-9-17/h6-13,16H,5,14H2,1-4H3,(H,21,23)/t16-/m1/s1. The van der Waals surface area contributed by atoms with Crippen LogP contribution in [-0.4, -0.2) is 33.2 Å². The van der Waals surface area contributed by atoms with Crippen molar-refractivity contribution in [1.29, 1.82) is 0 Å². The lowest BCUT2D eigenvalue weighted by Gasteiger charge is -2.28. The molecule has 0 spiro atoms. The van der Waals surface area contributed by atoms with Crippen molar-refractivity contribution in [3.63, 3.8) is 0 Å². The van der Waals surface area contributed by atoms with E-state index in [1.807, 2.05) is 38.1 Å². The molecule has 2 aromatic carbocycles. The number of carbonyl (C=O) groups is 1. The maximum atomic E-state index is 12.6. The van der Waals surface area contributed by atoms with Gasteiger partial charge in [-0.3, -0.25) is 9.10 Å². The molecule has 2 rings (SSSR count). The summed E-state index contributed by atoms with van der Waals surface area (Å²) in [5, 5.41) is 2.80. The Morgan fingerprint density at radius 2 is 1.70 bits per heavy atom. The summed E-state index contributed by atoms with van der Waals surface area (Å²) < 4.78 is 31.1. The number of benzene rings is 2. The van der Waals surface area contributed by atoms with Gasteiger partial charge in [-0.1, -0.05) is 29.8 Å².